The van der Waals surface area contributed by atoms with Gasteiger partial charge in [0.2, 0.25) is 47.3 Å². The molecule has 0 radical (unpaired) electrons. The fourth-order valence-corrected chi connectivity index (χ4v) is 18.2. The topological polar surface area (TPSA) is 622 Å². The smallest absolute Gasteiger partial charge is 0.396 e. The minimum Gasteiger partial charge on any atom is -0.396 e. The Hall–Kier alpha value is -5.05. The molecule has 21 atom stereocenters. The Kier molecular flexibility index (Phi) is 58.4. The third kappa shape index (κ3) is 45.4. The summed E-state index contributed by atoms with van der Waals surface area (Å²) in [5.74, 6) is -1.28. The maximum Gasteiger partial charge on any atom is 0.472 e. The average Bonchev–Trinajstić information content (AvgIpc) is 1.62. The number of hydrogen-bond donors (Lipinski definition) is 20. The van der Waals surface area contributed by atoms with Crippen molar-refractivity contribution in [1.82, 2.24) is 47.4 Å². The van der Waals surface area contributed by atoms with Gasteiger partial charge in [0, 0.05) is 124 Å². The maximum atomic E-state index is 14.7. The van der Waals surface area contributed by atoms with Gasteiger partial charge in [0.25, 0.3) is 0 Å². The van der Waals surface area contributed by atoms with Crippen LogP contribution >= 0.6 is 7.82 Å². The Bertz CT molecular complexity index is 3210. The summed E-state index contributed by atoms with van der Waals surface area (Å²) in [5, 5.41) is 124. The second kappa shape index (κ2) is 66.6. The van der Waals surface area contributed by atoms with E-state index >= 15 is 0 Å². The first kappa shape index (κ1) is 117. The van der Waals surface area contributed by atoms with E-state index in [0.29, 0.717) is 160 Å². The molecule has 2 saturated carbocycles. The lowest BCUT2D eigenvalue weighted by Gasteiger charge is -2.42. The minimum absolute atomic E-state index is 0.00127. The van der Waals surface area contributed by atoms with Gasteiger partial charge in [-0.25, -0.2) is 4.57 Å². The van der Waals surface area contributed by atoms with Crippen molar-refractivity contribution in [1.29, 1.82) is 0 Å². The predicted octanol–water partition coefficient (Wildman–Crippen LogP) is -1.01. The highest BCUT2D eigenvalue weighted by Gasteiger charge is 2.52. The van der Waals surface area contributed by atoms with Crippen molar-refractivity contribution in [2.45, 2.75) is 329 Å². The van der Waals surface area contributed by atoms with Crippen LogP contribution in [-0.2, 0) is 104 Å². The van der Waals surface area contributed by atoms with Crippen molar-refractivity contribution < 1.29 is 160 Å². The number of carbonyl (C=O) groups excluding carboxylic acids is 8. The van der Waals surface area contributed by atoms with Crippen LogP contribution in [0.5, 0.6) is 0 Å². The van der Waals surface area contributed by atoms with Crippen molar-refractivity contribution in [3.05, 3.63) is 0 Å². The second-order valence-electron chi connectivity index (χ2n) is 35.9. The normalized spacial score (nSPS) is 27.6. The first-order valence-corrected chi connectivity index (χ1v) is 50.1. The van der Waals surface area contributed by atoms with E-state index < -0.39 is 149 Å². The number of hydrogen-bond acceptors (Lipinski definition) is 34. The van der Waals surface area contributed by atoms with E-state index in [1.165, 1.54) is 27.2 Å². The molecule has 772 valence electrons. The first-order chi connectivity index (χ1) is 64.0. The van der Waals surface area contributed by atoms with Crippen LogP contribution in [0.25, 0.3) is 0 Å². The number of likely N-dealkylation sites (tertiary alicyclic amines) is 1. The number of aliphatic hydroxyl groups is 10. The molecule has 6 fully saturated rings. The molecule has 4 heterocycles. The summed E-state index contributed by atoms with van der Waals surface area (Å²) in [6.45, 7) is 5.46. The Balaban J connectivity index is 0.969. The molecule has 0 spiro atoms. The van der Waals surface area contributed by atoms with Crippen molar-refractivity contribution in [2.24, 2.45) is 29.4 Å². The average molecular weight is 1930 g/mol. The highest BCUT2D eigenvalue weighted by molar-refractivity contribution is 7.47. The third-order valence-electron chi connectivity index (χ3n) is 25.1. The molecule has 21 unspecified atom stereocenters. The van der Waals surface area contributed by atoms with Crippen LogP contribution in [0.1, 0.15) is 220 Å². The van der Waals surface area contributed by atoms with E-state index in [1.54, 1.807) is 4.90 Å². The van der Waals surface area contributed by atoms with Gasteiger partial charge in [-0.05, 0) is 114 Å². The largest absolute Gasteiger partial charge is 0.472 e. The van der Waals surface area contributed by atoms with Gasteiger partial charge in [0.1, 0.15) is 78.6 Å². The van der Waals surface area contributed by atoms with E-state index in [-0.39, 0.29) is 166 Å². The zero-order chi connectivity index (χ0) is 96.8. The molecular weight excluding hydrogens is 1770 g/mol. The van der Waals surface area contributed by atoms with Gasteiger partial charge in [-0.3, -0.25) is 47.4 Å². The maximum absolute atomic E-state index is 14.7. The third-order valence-corrected chi connectivity index (χ3v) is 26.1. The predicted molar refractivity (Wildman–Crippen MR) is 480 cm³/mol. The van der Waals surface area contributed by atoms with Gasteiger partial charge in [0.15, 0.2) is 18.9 Å². The van der Waals surface area contributed by atoms with E-state index in [2.05, 4.69) is 42.5 Å². The van der Waals surface area contributed by atoms with Crippen molar-refractivity contribution in [3.8, 4) is 0 Å². The number of phosphoric acid groups is 1. The number of nitrogens with zero attached hydrogens (tertiary/aromatic N) is 1. The number of aliphatic hydroxyl groups excluding tert-OH is 10. The molecule has 8 amide bonds. The summed E-state index contributed by atoms with van der Waals surface area (Å²) >= 11 is 0. The number of nitrogens with one attached hydrogen (secondary N) is 8. The zero-order valence-electron chi connectivity index (χ0n) is 78.6. The lowest BCUT2D eigenvalue weighted by atomic mass is 9.93. The number of carbonyl (C=O) groups is 8. The highest BCUT2D eigenvalue weighted by atomic mass is 31.2. The molecule has 4 aliphatic heterocycles. The molecule has 43 nitrogen and oxygen atoms in total. The van der Waals surface area contributed by atoms with Crippen LogP contribution in [0.4, 0.5) is 0 Å². The number of fused-ring (bicyclic) bond motifs is 1. The summed E-state index contributed by atoms with van der Waals surface area (Å²) in [7, 11) is -4.07. The van der Waals surface area contributed by atoms with E-state index in [4.69, 9.17) is 72.0 Å². The molecule has 0 aromatic rings. The number of piperidine rings is 1. The fraction of sp³-hybridized carbons (Fsp3) is 0.910. The molecule has 0 bridgehead atoms. The molecule has 4 saturated heterocycles. The SMILES string of the molecule is CC(=O)NC1C(OCCCCCCCCNC(=O)CCOCC(COCCC(=O)NCCCCCCOC2OC(CO)C(O)C(O)C2NC(C)=O)(COCCC(=O)NCCCCCCOC2OC(CO)C(O)C(O)C2NC(C)=O)NC(=O)C2CCN(C(=O)CCOCCOCCNC3CC4C(CCCCCCCOP(=O)(O)OCCCCO)C4CCC3N)CC2)OC(CO)C(O)C1O. The van der Waals surface area contributed by atoms with Crippen LogP contribution < -0.4 is 48.3 Å². The summed E-state index contributed by atoms with van der Waals surface area (Å²) in [5.41, 5.74) is 5.21. The number of unbranched alkanes of at least 4 members (excludes halogenated alkanes) is 16. The molecule has 21 N–H and O–H groups in total. The molecule has 44 heteroatoms. The molecule has 6 aliphatic rings. The minimum atomic E-state index is -4.07. The van der Waals surface area contributed by atoms with Gasteiger partial charge in [-0.1, -0.05) is 77.0 Å². The number of ether oxygens (including phenoxy) is 11. The number of rotatable bonds is 73. The lowest BCUT2D eigenvalue weighted by Crippen LogP contribution is -2.64. The van der Waals surface area contributed by atoms with E-state index in [0.717, 1.165) is 70.6 Å². The summed E-state index contributed by atoms with van der Waals surface area (Å²) < 4.78 is 87.0. The van der Waals surface area contributed by atoms with Gasteiger partial charge in [0.05, 0.1) is 106 Å². The van der Waals surface area contributed by atoms with Crippen LogP contribution in [0.2, 0.25) is 0 Å². The summed E-state index contributed by atoms with van der Waals surface area (Å²) in [4.78, 5) is 115. The number of amides is 8. The molecule has 2 aliphatic carbocycles. The van der Waals surface area contributed by atoms with Gasteiger partial charge in [-0.15, -0.1) is 0 Å². The van der Waals surface area contributed by atoms with Crippen LogP contribution in [0, 0.1) is 23.7 Å². The molecule has 6 rings (SSSR count). The molecule has 0 aromatic heterocycles. The quantitative estimate of drug-likeness (QED) is 0.0256. The van der Waals surface area contributed by atoms with E-state index in [9.17, 15) is 93.8 Å². The number of phosphoric ester groups is 1. The first-order valence-electron chi connectivity index (χ1n) is 48.6. The van der Waals surface area contributed by atoms with Crippen LogP contribution in [0.15, 0.2) is 0 Å². The van der Waals surface area contributed by atoms with Crippen molar-refractivity contribution >= 4 is 55.1 Å². The Morgan fingerprint density at radius 3 is 1.20 bits per heavy atom. The van der Waals surface area contributed by atoms with E-state index in [1.807, 2.05) is 0 Å². The van der Waals surface area contributed by atoms with Gasteiger partial charge >= 0.3 is 7.82 Å². The Morgan fingerprint density at radius 1 is 0.421 bits per heavy atom. The highest BCUT2D eigenvalue weighted by Crippen LogP contribution is 2.56. The molecular formula is C89H163N10O33P. The molecule has 0 aromatic carbocycles. The summed E-state index contributed by atoms with van der Waals surface area (Å²) in [6.07, 6.45) is 5.21. The van der Waals surface area contributed by atoms with Crippen molar-refractivity contribution in [3.63, 3.8) is 0 Å². The molecule has 133 heavy (non-hydrogen) atoms. The zero-order valence-corrected chi connectivity index (χ0v) is 79.5. The standard InChI is InChI=1S/C89H163N10O33P/c1-60(104)95-76-82(114)79(111)69(54-101)130-86(76)125-41-20-11-5-4-8-16-34-92-72(107)30-46-122-57-89(58-123-47-31-73(108)93-35-17-9-13-21-42-126-87-77(96-61(2)105)83(115)80(112)70(55-102)131-87,59-124-48-32-74(109)94-36-18-10-14-22-43-127-88-78(97-62(3)106)84(116)81(113)71(56-103)132-88)98-85(117)63-28-38-99(39-29-63)75(110)33-49-120-51-52-121-50-37-91-68-53-66-64(65(66)26-27-67(68)90)25-15-7-6-12-23-44-128-133(118,119)129-45-24-19-40-100/h63-71,76-84,86-88,91,100-103,111-116H,4-59,90H2,1-3H3,(H,92,107)(H,93,108)(H,94,109)(H,95,104)(H,96,105)(H,97,106)(H,98,117)(H,118,119). The fourth-order valence-electron chi connectivity index (χ4n) is 17.4. The van der Waals surface area contributed by atoms with Crippen molar-refractivity contribution in [2.75, 3.05) is 165 Å². The number of nitrogens with two attached hydrogens (primary N) is 1. The van der Waals surface area contributed by atoms with Gasteiger partial charge < -0.3 is 161 Å². The summed E-state index contributed by atoms with van der Waals surface area (Å²) in [6, 6.07) is -2.90. The van der Waals surface area contributed by atoms with Gasteiger partial charge in [-0.2, -0.15) is 0 Å². The Morgan fingerprint density at radius 2 is 0.797 bits per heavy atom. The van der Waals surface area contributed by atoms with Crippen LogP contribution in [-0.4, -0.2) is 382 Å². The Labute approximate surface area is 782 Å². The van der Waals surface area contributed by atoms with Crippen LogP contribution in [0.3, 0.4) is 0 Å². The lowest BCUT2D eigenvalue weighted by molar-refractivity contribution is -0.270. The monoisotopic (exact) mass is 1930 g/mol. The second-order valence-corrected chi connectivity index (χ2v) is 37.3.